The molecule has 0 saturated carbocycles. The Morgan fingerprint density at radius 3 is 2.25 bits per heavy atom. The van der Waals surface area contributed by atoms with Gasteiger partial charge in [0.05, 0.1) is 5.41 Å². The zero-order valence-electron chi connectivity index (χ0n) is 13.0. The lowest BCUT2D eigenvalue weighted by Gasteiger charge is -2.20. The maximum atomic E-state index is 12.0. The molecule has 4 heteroatoms. The van der Waals surface area contributed by atoms with Crippen LogP contribution in [-0.4, -0.2) is 35.0 Å². The van der Waals surface area contributed by atoms with E-state index in [1.54, 1.807) is 11.8 Å². The van der Waals surface area contributed by atoms with Gasteiger partial charge in [-0.25, -0.2) is 0 Å². The van der Waals surface area contributed by atoms with Gasteiger partial charge in [0.25, 0.3) is 0 Å². The Kier molecular flexibility index (Phi) is 7.03. The van der Waals surface area contributed by atoms with Crippen LogP contribution in [0.2, 0.25) is 0 Å². The molecular weight excluding hydrogens is 254 g/mol. The first-order valence-corrected chi connectivity index (χ1v) is 8.01. The van der Waals surface area contributed by atoms with Gasteiger partial charge in [0.2, 0.25) is 5.91 Å². The van der Waals surface area contributed by atoms with Gasteiger partial charge >= 0.3 is 5.97 Å². The summed E-state index contributed by atoms with van der Waals surface area (Å²) in [5.41, 5.74) is -0.740. The highest BCUT2D eigenvalue weighted by molar-refractivity contribution is 5.80. The van der Waals surface area contributed by atoms with Crippen LogP contribution in [0.25, 0.3) is 0 Å². The first kappa shape index (κ1) is 17.0. The van der Waals surface area contributed by atoms with E-state index in [9.17, 15) is 9.59 Å². The van der Waals surface area contributed by atoms with Crippen molar-refractivity contribution in [3.05, 3.63) is 0 Å². The summed E-state index contributed by atoms with van der Waals surface area (Å²) in [5.74, 6) is -0.660. The Morgan fingerprint density at radius 1 is 1.10 bits per heavy atom. The van der Waals surface area contributed by atoms with Crippen LogP contribution in [0.1, 0.15) is 71.6 Å². The third kappa shape index (κ3) is 5.14. The summed E-state index contributed by atoms with van der Waals surface area (Å²) in [6.45, 7) is 4.91. The van der Waals surface area contributed by atoms with Crippen LogP contribution in [0.4, 0.5) is 0 Å². The van der Waals surface area contributed by atoms with Gasteiger partial charge in [-0.3, -0.25) is 9.59 Å². The quantitative estimate of drug-likeness (QED) is 0.659. The molecule has 1 fully saturated rings. The molecule has 20 heavy (non-hydrogen) atoms. The number of carbonyl (C=O) groups is 2. The number of likely N-dealkylation sites (tertiary alicyclic amines) is 1. The van der Waals surface area contributed by atoms with Gasteiger partial charge < -0.3 is 10.0 Å². The van der Waals surface area contributed by atoms with Crippen molar-refractivity contribution in [3.8, 4) is 0 Å². The summed E-state index contributed by atoms with van der Waals surface area (Å²) < 4.78 is 0. The monoisotopic (exact) mass is 283 g/mol. The second-order valence-corrected chi connectivity index (χ2v) is 6.30. The van der Waals surface area contributed by atoms with E-state index in [1.165, 1.54) is 32.1 Å². The van der Waals surface area contributed by atoms with E-state index in [-0.39, 0.29) is 5.91 Å². The number of carboxylic acids is 1. The van der Waals surface area contributed by atoms with Crippen LogP contribution in [-0.2, 0) is 9.59 Å². The number of nitrogens with zero attached hydrogens (tertiary/aromatic N) is 1. The standard InChI is InChI=1S/C16H29NO3/c1-3-4-5-6-7-8-9-10-14(18)17-12-11-16(2,13-17)15(19)20/h3-13H2,1-2H3,(H,19,20). The molecule has 1 heterocycles. The lowest BCUT2D eigenvalue weighted by Crippen LogP contribution is -2.34. The Morgan fingerprint density at radius 2 is 1.70 bits per heavy atom. The number of carbonyl (C=O) groups excluding carboxylic acids is 1. The Balaban J connectivity index is 2.13. The van der Waals surface area contributed by atoms with Gasteiger partial charge in [-0.1, -0.05) is 45.4 Å². The average Bonchev–Trinajstić information content (AvgIpc) is 2.82. The largest absolute Gasteiger partial charge is 0.481 e. The zero-order valence-corrected chi connectivity index (χ0v) is 13.0. The van der Waals surface area contributed by atoms with E-state index in [2.05, 4.69) is 6.92 Å². The lowest BCUT2D eigenvalue weighted by atomic mass is 9.90. The number of hydrogen-bond donors (Lipinski definition) is 1. The first-order valence-electron chi connectivity index (χ1n) is 8.01. The maximum absolute atomic E-state index is 12.0. The smallest absolute Gasteiger partial charge is 0.311 e. The van der Waals surface area contributed by atoms with Gasteiger partial charge in [-0.2, -0.15) is 0 Å². The highest BCUT2D eigenvalue weighted by Gasteiger charge is 2.41. The predicted octanol–water partition coefficient (Wildman–Crippen LogP) is 3.45. The average molecular weight is 283 g/mol. The molecule has 1 atom stereocenters. The molecule has 0 radical (unpaired) electrons. The fourth-order valence-electron chi connectivity index (χ4n) is 2.74. The third-order valence-corrected chi connectivity index (χ3v) is 4.34. The van der Waals surface area contributed by atoms with Crippen molar-refractivity contribution in [2.75, 3.05) is 13.1 Å². The van der Waals surface area contributed by atoms with Crippen LogP contribution in [0.3, 0.4) is 0 Å². The van der Waals surface area contributed by atoms with E-state index < -0.39 is 11.4 Å². The van der Waals surface area contributed by atoms with Crippen molar-refractivity contribution in [2.45, 2.75) is 71.6 Å². The van der Waals surface area contributed by atoms with Crippen LogP contribution < -0.4 is 0 Å². The molecule has 1 aliphatic heterocycles. The minimum atomic E-state index is -0.788. The molecule has 0 spiro atoms. The SMILES string of the molecule is CCCCCCCCCC(=O)N1CCC(C)(C(=O)O)C1. The topological polar surface area (TPSA) is 57.6 Å². The summed E-state index contributed by atoms with van der Waals surface area (Å²) in [6.07, 6.45) is 9.53. The molecule has 0 aliphatic carbocycles. The minimum Gasteiger partial charge on any atom is -0.481 e. The molecule has 116 valence electrons. The minimum absolute atomic E-state index is 0.128. The van der Waals surface area contributed by atoms with Crippen molar-refractivity contribution in [3.63, 3.8) is 0 Å². The molecule has 4 nitrogen and oxygen atoms in total. The second-order valence-electron chi connectivity index (χ2n) is 6.30. The van der Waals surface area contributed by atoms with Crippen molar-refractivity contribution < 1.29 is 14.7 Å². The van der Waals surface area contributed by atoms with Crippen molar-refractivity contribution in [1.29, 1.82) is 0 Å². The highest BCUT2D eigenvalue weighted by Crippen LogP contribution is 2.30. The summed E-state index contributed by atoms with van der Waals surface area (Å²) in [4.78, 5) is 24.9. The number of hydrogen-bond acceptors (Lipinski definition) is 2. The fourth-order valence-corrected chi connectivity index (χ4v) is 2.74. The summed E-state index contributed by atoms with van der Waals surface area (Å²) >= 11 is 0. The molecule has 0 aromatic carbocycles. The van der Waals surface area contributed by atoms with Crippen molar-refractivity contribution >= 4 is 11.9 Å². The second kappa shape index (κ2) is 8.28. The number of rotatable bonds is 9. The zero-order chi connectivity index (χ0) is 15.0. The van der Waals surface area contributed by atoms with E-state index in [4.69, 9.17) is 5.11 Å². The number of carboxylic acid groups (broad SMARTS) is 1. The van der Waals surface area contributed by atoms with Crippen LogP contribution in [0.15, 0.2) is 0 Å². The molecule has 1 aliphatic rings. The number of amides is 1. The molecule has 1 unspecified atom stereocenters. The molecule has 1 amide bonds. The van der Waals surface area contributed by atoms with Crippen LogP contribution >= 0.6 is 0 Å². The van der Waals surface area contributed by atoms with Crippen LogP contribution in [0, 0.1) is 5.41 Å². The van der Waals surface area contributed by atoms with Crippen LogP contribution in [0.5, 0.6) is 0 Å². The van der Waals surface area contributed by atoms with E-state index in [1.807, 2.05) is 0 Å². The Bertz CT molecular complexity index is 330. The molecule has 1 N–H and O–H groups in total. The molecular formula is C16H29NO3. The van der Waals surface area contributed by atoms with Gasteiger partial charge in [0, 0.05) is 19.5 Å². The van der Waals surface area contributed by atoms with Gasteiger partial charge in [-0.15, -0.1) is 0 Å². The molecule has 1 rings (SSSR count). The van der Waals surface area contributed by atoms with E-state index in [0.29, 0.717) is 25.9 Å². The summed E-state index contributed by atoms with van der Waals surface area (Å²) in [6, 6.07) is 0. The van der Waals surface area contributed by atoms with Gasteiger partial charge in [0.1, 0.15) is 0 Å². The first-order chi connectivity index (χ1) is 9.49. The summed E-state index contributed by atoms with van der Waals surface area (Å²) in [7, 11) is 0. The van der Waals surface area contributed by atoms with E-state index >= 15 is 0 Å². The number of aliphatic carboxylic acids is 1. The molecule has 0 aromatic rings. The van der Waals surface area contributed by atoms with Gasteiger partial charge in [0.15, 0.2) is 0 Å². The maximum Gasteiger partial charge on any atom is 0.311 e. The Hall–Kier alpha value is -1.06. The lowest BCUT2D eigenvalue weighted by molar-refractivity contribution is -0.147. The molecule has 1 saturated heterocycles. The highest BCUT2D eigenvalue weighted by atomic mass is 16.4. The summed E-state index contributed by atoms with van der Waals surface area (Å²) in [5, 5.41) is 9.15. The third-order valence-electron chi connectivity index (χ3n) is 4.34. The molecule has 0 bridgehead atoms. The number of unbranched alkanes of at least 4 members (excludes halogenated alkanes) is 6. The predicted molar refractivity (Wildman–Crippen MR) is 79.5 cm³/mol. The fraction of sp³-hybridized carbons (Fsp3) is 0.875. The van der Waals surface area contributed by atoms with E-state index in [0.717, 1.165) is 12.8 Å². The van der Waals surface area contributed by atoms with Crippen molar-refractivity contribution in [2.24, 2.45) is 5.41 Å². The normalized spacial score (nSPS) is 22.2. The van der Waals surface area contributed by atoms with Gasteiger partial charge in [-0.05, 0) is 19.8 Å². The van der Waals surface area contributed by atoms with Crippen molar-refractivity contribution in [1.82, 2.24) is 4.90 Å². The Labute approximate surface area is 122 Å². The molecule has 0 aromatic heterocycles.